The molecule has 0 unspecified atom stereocenters. The van der Waals surface area contributed by atoms with Crippen LogP contribution < -0.4 is 0 Å². The predicted octanol–water partition coefficient (Wildman–Crippen LogP) is 5.90. The summed E-state index contributed by atoms with van der Waals surface area (Å²) in [5.74, 6) is -1.49. The molecule has 0 saturated heterocycles. The van der Waals surface area contributed by atoms with E-state index >= 15 is 4.39 Å². The molecule has 3 N–H and O–H groups in total. The van der Waals surface area contributed by atoms with E-state index < -0.39 is 24.6 Å². The van der Waals surface area contributed by atoms with Crippen LogP contribution in [0.3, 0.4) is 0 Å². The van der Waals surface area contributed by atoms with Crippen molar-refractivity contribution >= 4 is 84.2 Å². The number of fused-ring (bicyclic) bond motifs is 1. The fourth-order valence-electron chi connectivity index (χ4n) is 3.57. The van der Waals surface area contributed by atoms with Crippen LogP contribution in [0.4, 0.5) is 4.39 Å². The van der Waals surface area contributed by atoms with E-state index in [1.54, 1.807) is 18.3 Å². The van der Waals surface area contributed by atoms with E-state index in [4.69, 9.17) is 5.11 Å². The van der Waals surface area contributed by atoms with Gasteiger partial charge in [0.25, 0.3) is 0 Å². The van der Waals surface area contributed by atoms with E-state index in [1.807, 2.05) is 60.7 Å². The van der Waals surface area contributed by atoms with Crippen LogP contribution in [0.25, 0.3) is 17.0 Å². The number of pyridine rings is 1. The Labute approximate surface area is 252 Å². The van der Waals surface area contributed by atoms with Gasteiger partial charge in [0.2, 0.25) is 0 Å². The second kappa shape index (κ2) is 14.3. The number of hydrogen-bond acceptors (Lipinski definition) is 6. The number of hydrogen-bond donors (Lipinski definition) is 3. The monoisotopic (exact) mass is 561 g/mol. The fraction of sp³-hybridized carbons (Fsp3) is 0.143. The van der Waals surface area contributed by atoms with Gasteiger partial charge in [-0.15, -0.1) is 0 Å². The average molecular weight is 562 g/mol. The molecule has 0 amide bonds. The van der Waals surface area contributed by atoms with Gasteiger partial charge in [0.15, 0.2) is 0 Å². The Morgan fingerprint density at radius 2 is 1.59 bits per heavy atom. The second-order valence-electron chi connectivity index (χ2n) is 8.09. The van der Waals surface area contributed by atoms with Gasteiger partial charge in [0.1, 0.15) is 5.82 Å². The van der Waals surface area contributed by atoms with Gasteiger partial charge in [-0.05, 0) is 36.4 Å². The summed E-state index contributed by atoms with van der Waals surface area (Å²) < 4.78 is 15.2. The number of carbonyl (C=O) groups is 1. The molecule has 0 aliphatic rings. The number of halogens is 1. The molecule has 184 valence electrons. The number of rotatable bonds is 10. The van der Waals surface area contributed by atoms with Gasteiger partial charge >= 0.3 is 43.7 Å². The van der Waals surface area contributed by atoms with Crippen molar-refractivity contribution in [2.45, 2.75) is 44.6 Å². The number of aliphatic hydroxyl groups is 2. The average Bonchev–Trinajstić information content (AvgIpc) is 2.85. The number of benzene rings is 3. The van der Waals surface area contributed by atoms with E-state index in [2.05, 4.69) is 4.98 Å². The number of aliphatic hydroxyl groups excluding tert-OH is 2. The first-order chi connectivity index (χ1) is 17.4. The molecule has 3 aromatic carbocycles. The summed E-state index contributed by atoms with van der Waals surface area (Å²) in [7, 11) is 0. The van der Waals surface area contributed by atoms with E-state index in [9.17, 15) is 15.0 Å². The van der Waals surface area contributed by atoms with Crippen LogP contribution in [0, 0.1) is 5.82 Å². The summed E-state index contributed by atoms with van der Waals surface area (Å²) in [4.78, 5) is 18.4. The minimum atomic E-state index is -1.16. The van der Waals surface area contributed by atoms with Crippen molar-refractivity contribution in [3.05, 3.63) is 96.4 Å². The summed E-state index contributed by atoms with van der Waals surface area (Å²) in [6, 6.07) is 22.5. The smallest absolute Gasteiger partial charge is 0.481 e. The molecular formula is C28H24CaFNO4S2+2. The number of carboxylic acids is 1. The van der Waals surface area contributed by atoms with Crippen LogP contribution in [-0.2, 0) is 4.79 Å². The van der Waals surface area contributed by atoms with Crippen molar-refractivity contribution in [2.24, 2.45) is 0 Å². The molecule has 0 fully saturated rings. The van der Waals surface area contributed by atoms with Crippen molar-refractivity contribution in [1.29, 1.82) is 0 Å². The normalized spacial score (nSPS) is 12.8. The molecule has 4 rings (SSSR count). The first-order valence-electron chi connectivity index (χ1n) is 11.2. The first kappa shape index (κ1) is 29.6. The van der Waals surface area contributed by atoms with Crippen molar-refractivity contribution in [2.75, 3.05) is 0 Å². The third kappa shape index (κ3) is 8.55. The molecular weight excluding hydrogens is 538 g/mol. The molecule has 5 nitrogen and oxygen atoms in total. The minimum Gasteiger partial charge on any atom is -0.481 e. The van der Waals surface area contributed by atoms with Crippen LogP contribution in [0.2, 0.25) is 0 Å². The Hall–Kier alpha value is -1.91. The minimum absolute atomic E-state index is 0. The van der Waals surface area contributed by atoms with Crippen LogP contribution in [0.5, 0.6) is 0 Å². The fourth-order valence-corrected chi connectivity index (χ4v) is 5.49. The molecule has 1 heterocycles. The van der Waals surface area contributed by atoms with E-state index in [-0.39, 0.29) is 50.0 Å². The van der Waals surface area contributed by atoms with Gasteiger partial charge < -0.3 is 15.3 Å². The second-order valence-corrected chi connectivity index (χ2v) is 10.3. The zero-order valence-electron chi connectivity index (χ0n) is 19.8. The molecule has 4 aromatic rings. The number of aromatic nitrogens is 1. The Morgan fingerprint density at radius 1 is 0.973 bits per heavy atom. The van der Waals surface area contributed by atoms with Crippen LogP contribution in [-0.4, -0.2) is 76.2 Å². The summed E-state index contributed by atoms with van der Waals surface area (Å²) >= 11 is 2.80. The molecule has 2 atom stereocenters. The number of nitrogens with zero attached hydrogens (tertiary/aromatic N) is 1. The molecule has 0 saturated carbocycles. The summed E-state index contributed by atoms with van der Waals surface area (Å²) in [5.41, 5.74) is 1.31. The molecule has 37 heavy (non-hydrogen) atoms. The van der Waals surface area contributed by atoms with Gasteiger partial charge in [0.05, 0.1) is 29.0 Å². The zero-order valence-corrected chi connectivity index (χ0v) is 23.7. The van der Waals surface area contributed by atoms with Gasteiger partial charge in [0, 0.05) is 38.3 Å². The van der Waals surface area contributed by atoms with Gasteiger partial charge in [-0.2, -0.15) is 0 Å². The SMILES string of the molecule is O=C(O)C[C@H](O)C[C@H](O)/C=C/c1cnc2cc(Sc3ccccc3)c(F)cc2c1Sc1ccccc1.[Ca+2]. The summed E-state index contributed by atoms with van der Waals surface area (Å²) in [6.45, 7) is 0. The van der Waals surface area contributed by atoms with E-state index in [1.165, 1.54) is 35.7 Å². The summed E-state index contributed by atoms with van der Waals surface area (Å²) in [5, 5.41) is 29.5. The van der Waals surface area contributed by atoms with Gasteiger partial charge in [-0.3, -0.25) is 9.78 Å². The molecule has 0 bridgehead atoms. The molecule has 1 aromatic heterocycles. The molecule has 9 heteroatoms. The van der Waals surface area contributed by atoms with Gasteiger partial charge in [-0.1, -0.05) is 72.1 Å². The predicted molar refractivity (Wildman–Crippen MR) is 147 cm³/mol. The Kier molecular flexibility index (Phi) is 11.5. The standard InChI is InChI=1S/C28H24FNO4S2.Ca/c29-24-15-23-25(16-26(24)35-21-7-3-1-4-8-21)30-17-18(28(23)36-22-9-5-2-6-10-22)11-12-19(31)13-20(32)14-27(33)34;/h1-12,15-17,19-20,31-32H,13-14H2,(H,33,34);/q;+2/b12-11+;/t19-,20-;/m1./s1. The number of carboxylic acid groups (broad SMARTS) is 1. The van der Waals surface area contributed by atoms with Gasteiger partial charge in [-0.25, -0.2) is 4.39 Å². The van der Waals surface area contributed by atoms with Crippen molar-refractivity contribution < 1.29 is 24.5 Å². The van der Waals surface area contributed by atoms with Crippen molar-refractivity contribution in [1.82, 2.24) is 4.98 Å². The molecule has 0 spiro atoms. The molecule has 0 aliphatic heterocycles. The van der Waals surface area contributed by atoms with Crippen LogP contribution in [0.1, 0.15) is 18.4 Å². The Balaban J connectivity index is 0.00000380. The topological polar surface area (TPSA) is 90.7 Å². The largest absolute Gasteiger partial charge is 2.00 e. The van der Waals surface area contributed by atoms with Crippen molar-refractivity contribution in [3.8, 4) is 0 Å². The zero-order chi connectivity index (χ0) is 25.5. The third-order valence-corrected chi connectivity index (χ3v) is 7.46. The maximum Gasteiger partial charge on any atom is 2.00 e. The maximum absolute atomic E-state index is 15.2. The third-order valence-electron chi connectivity index (χ3n) is 5.26. The Bertz CT molecular complexity index is 1370. The Morgan fingerprint density at radius 3 is 2.22 bits per heavy atom. The first-order valence-corrected chi connectivity index (χ1v) is 12.9. The molecule has 0 aliphatic carbocycles. The summed E-state index contributed by atoms with van der Waals surface area (Å²) in [6.07, 6.45) is 2.05. The quantitative estimate of drug-likeness (QED) is 0.208. The van der Waals surface area contributed by atoms with Crippen molar-refractivity contribution in [3.63, 3.8) is 0 Å². The van der Waals surface area contributed by atoms with E-state index in [0.29, 0.717) is 21.4 Å². The van der Waals surface area contributed by atoms with E-state index in [0.717, 1.165) is 14.7 Å². The number of aliphatic carboxylic acids is 1. The molecule has 0 radical (unpaired) electrons. The maximum atomic E-state index is 15.2. The van der Waals surface area contributed by atoms with Crippen LogP contribution in [0.15, 0.2) is 105 Å². The van der Waals surface area contributed by atoms with Crippen LogP contribution >= 0.6 is 23.5 Å².